The van der Waals surface area contributed by atoms with Crippen LogP contribution in [0.2, 0.25) is 0 Å². The van der Waals surface area contributed by atoms with E-state index in [1.807, 2.05) is 23.1 Å². The smallest absolute Gasteiger partial charge is 0.0679 e. The molecule has 0 spiro atoms. The Kier molecular flexibility index (Phi) is 3.51. The average Bonchev–Trinajstić information content (AvgIpc) is 3.02. The first kappa shape index (κ1) is 13.2. The molecule has 1 aromatic heterocycles. The van der Waals surface area contributed by atoms with Crippen molar-refractivity contribution in [3.8, 4) is 0 Å². The number of hydrogen-bond donors (Lipinski definition) is 1. The van der Waals surface area contributed by atoms with Gasteiger partial charge in [0.2, 0.25) is 0 Å². The normalized spacial score (nSPS) is 21.0. The van der Waals surface area contributed by atoms with E-state index in [0.29, 0.717) is 11.5 Å². The standard InChI is InChI=1S/C17H23N3/c1-17(2)9-8-15(12-17)19-16-7-4-3-6-14(16)13-20-11-5-10-18-20/h3-7,10-11,15,19H,8-9,12-13H2,1-2H3. The van der Waals surface area contributed by atoms with Gasteiger partial charge in [0, 0.05) is 24.1 Å². The molecule has 0 saturated heterocycles. The number of rotatable bonds is 4. The first-order chi connectivity index (χ1) is 9.62. The van der Waals surface area contributed by atoms with E-state index in [4.69, 9.17) is 0 Å². The summed E-state index contributed by atoms with van der Waals surface area (Å²) in [6.07, 6.45) is 7.67. The highest BCUT2D eigenvalue weighted by molar-refractivity contribution is 5.52. The second kappa shape index (κ2) is 5.31. The fourth-order valence-electron chi connectivity index (χ4n) is 3.15. The van der Waals surface area contributed by atoms with Gasteiger partial charge in [0.1, 0.15) is 0 Å². The van der Waals surface area contributed by atoms with E-state index >= 15 is 0 Å². The summed E-state index contributed by atoms with van der Waals surface area (Å²) in [5.74, 6) is 0. The third-order valence-electron chi connectivity index (χ3n) is 4.24. The average molecular weight is 269 g/mol. The topological polar surface area (TPSA) is 29.9 Å². The maximum atomic E-state index is 4.30. The lowest BCUT2D eigenvalue weighted by atomic mass is 9.92. The monoisotopic (exact) mass is 269 g/mol. The Morgan fingerprint density at radius 3 is 2.85 bits per heavy atom. The molecule has 1 saturated carbocycles. The molecule has 3 heteroatoms. The van der Waals surface area contributed by atoms with Crippen LogP contribution in [0.5, 0.6) is 0 Å². The van der Waals surface area contributed by atoms with Crippen molar-refractivity contribution in [2.75, 3.05) is 5.32 Å². The van der Waals surface area contributed by atoms with Gasteiger partial charge in [-0.2, -0.15) is 5.10 Å². The van der Waals surface area contributed by atoms with Crippen LogP contribution in [0, 0.1) is 5.41 Å². The Balaban J connectivity index is 1.73. The zero-order valence-corrected chi connectivity index (χ0v) is 12.3. The van der Waals surface area contributed by atoms with Gasteiger partial charge in [-0.25, -0.2) is 0 Å². The molecule has 1 fully saturated rings. The van der Waals surface area contributed by atoms with Crippen LogP contribution in [0.4, 0.5) is 5.69 Å². The van der Waals surface area contributed by atoms with Gasteiger partial charge in [-0.1, -0.05) is 32.0 Å². The van der Waals surface area contributed by atoms with Crippen LogP contribution in [0.3, 0.4) is 0 Å². The lowest BCUT2D eigenvalue weighted by Gasteiger charge is -2.20. The molecule has 0 bridgehead atoms. The second-order valence-electron chi connectivity index (χ2n) is 6.61. The van der Waals surface area contributed by atoms with Crippen LogP contribution in [-0.2, 0) is 6.54 Å². The van der Waals surface area contributed by atoms with E-state index in [1.165, 1.54) is 30.5 Å². The summed E-state index contributed by atoms with van der Waals surface area (Å²) < 4.78 is 1.97. The van der Waals surface area contributed by atoms with Gasteiger partial charge in [-0.05, 0) is 42.4 Å². The quantitative estimate of drug-likeness (QED) is 0.911. The predicted molar refractivity (Wildman–Crippen MR) is 82.8 cm³/mol. The van der Waals surface area contributed by atoms with Crippen molar-refractivity contribution in [1.82, 2.24) is 9.78 Å². The number of benzene rings is 1. The molecule has 0 amide bonds. The van der Waals surface area contributed by atoms with Gasteiger partial charge in [-0.15, -0.1) is 0 Å². The molecule has 1 aliphatic carbocycles. The fourth-order valence-corrected chi connectivity index (χ4v) is 3.15. The minimum Gasteiger partial charge on any atom is -0.382 e. The third-order valence-corrected chi connectivity index (χ3v) is 4.24. The lowest BCUT2D eigenvalue weighted by Crippen LogP contribution is -2.19. The summed E-state index contributed by atoms with van der Waals surface area (Å²) in [7, 11) is 0. The molecular weight excluding hydrogens is 246 g/mol. The number of nitrogens with one attached hydrogen (secondary N) is 1. The van der Waals surface area contributed by atoms with E-state index in [-0.39, 0.29) is 0 Å². The van der Waals surface area contributed by atoms with E-state index in [9.17, 15) is 0 Å². The summed E-state index contributed by atoms with van der Waals surface area (Å²) in [6.45, 7) is 5.56. The van der Waals surface area contributed by atoms with Gasteiger partial charge >= 0.3 is 0 Å². The van der Waals surface area contributed by atoms with E-state index < -0.39 is 0 Å². The summed E-state index contributed by atoms with van der Waals surface area (Å²) in [4.78, 5) is 0. The van der Waals surface area contributed by atoms with Crippen molar-refractivity contribution >= 4 is 5.69 Å². The predicted octanol–water partition coefficient (Wildman–Crippen LogP) is 3.92. The van der Waals surface area contributed by atoms with Gasteiger partial charge in [-0.3, -0.25) is 4.68 Å². The molecule has 0 radical (unpaired) electrons. The maximum Gasteiger partial charge on any atom is 0.0679 e. The maximum absolute atomic E-state index is 4.30. The number of anilines is 1. The number of para-hydroxylation sites is 1. The molecule has 2 aromatic rings. The summed E-state index contributed by atoms with van der Waals surface area (Å²) in [6, 6.07) is 11.1. The van der Waals surface area contributed by atoms with Crippen LogP contribution >= 0.6 is 0 Å². The molecule has 106 valence electrons. The van der Waals surface area contributed by atoms with Gasteiger partial charge in [0.15, 0.2) is 0 Å². The largest absolute Gasteiger partial charge is 0.382 e. The van der Waals surface area contributed by atoms with Crippen molar-refractivity contribution in [3.05, 3.63) is 48.3 Å². The Bertz CT molecular complexity index is 557. The van der Waals surface area contributed by atoms with E-state index in [1.54, 1.807) is 0 Å². The van der Waals surface area contributed by atoms with Crippen molar-refractivity contribution < 1.29 is 0 Å². The minimum atomic E-state index is 0.481. The van der Waals surface area contributed by atoms with Gasteiger partial charge < -0.3 is 5.32 Å². The van der Waals surface area contributed by atoms with Crippen LogP contribution in [0.1, 0.15) is 38.7 Å². The SMILES string of the molecule is CC1(C)CCC(Nc2ccccc2Cn2cccn2)C1. The Morgan fingerprint density at radius 1 is 1.30 bits per heavy atom. The van der Waals surface area contributed by atoms with Gasteiger partial charge in [0.25, 0.3) is 0 Å². The van der Waals surface area contributed by atoms with Crippen molar-refractivity contribution in [2.45, 2.75) is 45.7 Å². The highest BCUT2D eigenvalue weighted by Gasteiger charge is 2.30. The van der Waals surface area contributed by atoms with Crippen LogP contribution in [-0.4, -0.2) is 15.8 Å². The molecule has 1 aromatic carbocycles. The van der Waals surface area contributed by atoms with Crippen molar-refractivity contribution in [1.29, 1.82) is 0 Å². The molecule has 3 rings (SSSR count). The Morgan fingerprint density at radius 2 is 2.15 bits per heavy atom. The summed E-state index contributed by atoms with van der Waals surface area (Å²) in [5.41, 5.74) is 3.04. The van der Waals surface area contributed by atoms with Gasteiger partial charge in [0.05, 0.1) is 6.54 Å². The van der Waals surface area contributed by atoms with Crippen LogP contribution in [0.15, 0.2) is 42.7 Å². The first-order valence-electron chi connectivity index (χ1n) is 7.44. The Labute approximate surface area is 121 Å². The summed E-state index contributed by atoms with van der Waals surface area (Å²) >= 11 is 0. The first-order valence-corrected chi connectivity index (χ1v) is 7.44. The lowest BCUT2D eigenvalue weighted by molar-refractivity contribution is 0.378. The summed E-state index contributed by atoms with van der Waals surface area (Å²) in [5, 5.41) is 8.03. The van der Waals surface area contributed by atoms with E-state index in [0.717, 1.165) is 6.54 Å². The second-order valence-corrected chi connectivity index (χ2v) is 6.61. The molecule has 1 heterocycles. The molecule has 0 aliphatic heterocycles. The zero-order chi connectivity index (χ0) is 14.0. The number of nitrogens with zero attached hydrogens (tertiary/aromatic N) is 2. The highest BCUT2D eigenvalue weighted by atomic mass is 15.3. The zero-order valence-electron chi connectivity index (χ0n) is 12.3. The number of hydrogen-bond acceptors (Lipinski definition) is 2. The molecule has 3 nitrogen and oxygen atoms in total. The minimum absolute atomic E-state index is 0.481. The molecular formula is C17H23N3. The van der Waals surface area contributed by atoms with Crippen LogP contribution in [0.25, 0.3) is 0 Å². The molecule has 20 heavy (non-hydrogen) atoms. The molecule has 1 unspecified atom stereocenters. The molecule has 1 N–H and O–H groups in total. The van der Waals surface area contributed by atoms with Crippen molar-refractivity contribution in [3.63, 3.8) is 0 Å². The van der Waals surface area contributed by atoms with Crippen LogP contribution < -0.4 is 5.32 Å². The fraction of sp³-hybridized carbons (Fsp3) is 0.471. The third kappa shape index (κ3) is 3.03. The molecule has 1 atom stereocenters. The number of aromatic nitrogens is 2. The van der Waals surface area contributed by atoms with Crippen molar-refractivity contribution in [2.24, 2.45) is 5.41 Å². The Hall–Kier alpha value is -1.77. The molecule has 1 aliphatic rings. The van der Waals surface area contributed by atoms with E-state index in [2.05, 4.69) is 48.5 Å². The highest BCUT2D eigenvalue weighted by Crippen LogP contribution is 2.38.